The van der Waals surface area contributed by atoms with Crippen LogP contribution in [0.4, 0.5) is 5.69 Å². The third kappa shape index (κ3) is 5.36. The largest absolute Gasteiger partial charge is 0.355 e. The Kier molecular flexibility index (Phi) is 5.64. The Balaban J connectivity index is 2.25. The highest BCUT2D eigenvalue weighted by molar-refractivity contribution is 5.84. The van der Waals surface area contributed by atoms with E-state index < -0.39 is 10.5 Å². The second-order valence-electron chi connectivity index (χ2n) is 5.36. The summed E-state index contributed by atoms with van der Waals surface area (Å²) in [6, 6.07) is 6.54. The van der Waals surface area contributed by atoms with Crippen LogP contribution < -0.4 is 11.1 Å². The molecule has 0 fully saturated rings. The summed E-state index contributed by atoms with van der Waals surface area (Å²) in [6.45, 7) is 3.92. The van der Waals surface area contributed by atoms with Crippen LogP contribution in [-0.2, 0) is 11.2 Å². The van der Waals surface area contributed by atoms with Gasteiger partial charge in [-0.2, -0.15) is 0 Å². The average Bonchev–Trinajstić information content (AvgIpc) is 2.37. The molecule has 0 bridgehead atoms. The van der Waals surface area contributed by atoms with Crippen molar-refractivity contribution in [2.45, 2.75) is 38.6 Å². The minimum absolute atomic E-state index is 0.103. The second kappa shape index (κ2) is 7.00. The van der Waals surface area contributed by atoms with Crippen LogP contribution in [0.15, 0.2) is 24.3 Å². The fraction of sp³-hybridized carbons (Fsp3) is 0.500. The second-order valence-corrected chi connectivity index (χ2v) is 5.36. The van der Waals surface area contributed by atoms with Gasteiger partial charge in [-0.3, -0.25) is 14.9 Å². The molecule has 1 aromatic carbocycles. The normalized spacial score (nSPS) is 11.2. The minimum Gasteiger partial charge on any atom is -0.355 e. The monoisotopic (exact) mass is 279 g/mol. The third-order valence-electron chi connectivity index (χ3n) is 2.91. The molecule has 0 aliphatic rings. The Hall–Kier alpha value is -1.95. The van der Waals surface area contributed by atoms with Crippen molar-refractivity contribution in [3.63, 3.8) is 0 Å². The van der Waals surface area contributed by atoms with E-state index in [1.165, 1.54) is 12.1 Å². The van der Waals surface area contributed by atoms with Crippen LogP contribution >= 0.6 is 0 Å². The number of unbranched alkanes of at least 4 members (excludes halogenated alkanes) is 1. The first kappa shape index (κ1) is 16.1. The van der Waals surface area contributed by atoms with Crippen molar-refractivity contribution >= 4 is 11.6 Å². The topological polar surface area (TPSA) is 98.3 Å². The Morgan fingerprint density at radius 3 is 2.40 bits per heavy atom. The molecule has 1 amide bonds. The molecule has 0 aliphatic carbocycles. The van der Waals surface area contributed by atoms with Crippen LogP contribution in [0.2, 0.25) is 0 Å². The lowest BCUT2D eigenvalue weighted by Gasteiger charge is -2.17. The first-order chi connectivity index (χ1) is 9.30. The highest BCUT2D eigenvalue weighted by atomic mass is 16.6. The standard InChI is InChI=1S/C14H21N3O3/c1-14(2,15)13(18)16-10-4-3-5-11-6-8-12(9-7-11)17(19)20/h6-9H,3-5,10,15H2,1-2H3,(H,16,18). The molecular weight excluding hydrogens is 258 g/mol. The molecule has 20 heavy (non-hydrogen) atoms. The fourth-order valence-corrected chi connectivity index (χ4v) is 1.67. The van der Waals surface area contributed by atoms with Gasteiger partial charge in [0.1, 0.15) is 0 Å². The van der Waals surface area contributed by atoms with Gasteiger partial charge in [0.2, 0.25) is 5.91 Å². The zero-order valence-corrected chi connectivity index (χ0v) is 11.9. The molecule has 6 nitrogen and oxygen atoms in total. The van der Waals surface area contributed by atoms with Crippen LogP contribution in [-0.4, -0.2) is 22.9 Å². The maximum Gasteiger partial charge on any atom is 0.269 e. The number of hydrogen-bond donors (Lipinski definition) is 2. The van der Waals surface area contributed by atoms with Crippen molar-refractivity contribution in [2.75, 3.05) is 6.54 Å². The maximum atomic E-state index is 11.5. The molecule has 1 rings (SSSR count). The molecule has 0 atom stereocenters. The van der Waals surface area contributed by atoms with E-state index in [2.05, 4.69) is 5.32 Å². The lowest BCUT2D eigenvalue weighted by atomic mass is 10.1. The van der Waals surface area contributed by atoms with E-state index in [1.54, 1.807) is 26.0 Å². The molecule has 110 valence electrons. The Morgan fingerprint density at radius 1 is 1.30 bits per heavy atom. The van der Waals surface area contributed by atoms with E-state index in [1.807, 2.05) is 0 Å². The highest BCUT2D eigenvalue weighted by Crippen LogP contribution is 2.13. The Labute approximate surface area is 118 Å². The number of amides is 1. The molecule has 0 aromatic heterocycles. The van der Waals surface area contributed by atoms with Crippen LogP contribution in [0.25, 0.3) is 0 Å². The number of carbonyl (C=O) groups is 1. The van der Waals surface area contributed by atoms with Crippen LogP contribution in [0.3, 0.4) is 0 Å². The van der Waals surface area contributed by atoms with Crippen molar-refractivity contribution in [2.24, 2.45) is 5.73 Å². The molecule has 0 saturated heterocycles. The van der Waals surface area contributed by atoms with E-state index in [4.69, 9.17) is 5.73 Å². The predicted molar refractivity (Wildman–Crippen MR) is 77.3 cm³/mol. The van der Waals surface area contributed by atoms with E-state index in [9.17, 15) is 14.9 Å². The quantitative estimate of drug-likeness (QED) is 0.451. The van der Waals surface area contributed by atoms with Crippen LogP contribution in [0, 0.1) is 10.1 Å². The molecule has 0 radical (unpaired) electrons. The highest BCUT2D eigenvalue weighted by Gasteiger charge is 2.20. The van der Waals surface area contributed by atoms with E-state index in [0.717, 1.165) is 24.8 Å². The molecule has 0 spiro atoms. The number of nitrogens with one attached hydrogen (secondary N) is 1. The summed E-state index contributed by atoms with van der Waals surface area (Å²) in [6.07, 6.45) is 2.59. The van der Waals surface area contributed by atoms with Gasteiger partial charge in [0, 0.05) is 18.7 Å². The summed E-state index contributed by atoms with van der Waals surface area (Å²) in [7, 11) is 0. The Bertz CT molecular complexity index is 464. The number of nitrogens with two attached hydrogens (primary N) is 1. The van der Waals surface area contributed by atoms with Crippen LogP contribution in [0.5, 0.6) is 0 Å². The van der Waals surface area contributed by atoms with Crippen molar-refractivity contribution in [1.29, 1.82) is 0 Å². The number of nitro benzene ring substituents is 1. The summed E-state index contributed by atoms with van der Waals surface area (Å²) < 4.78 is 0. The van der Waals surface area contributed by atoms with Gasteiger partial charge in [0.25, 0.3) is 5.69 Å². The molecule has 0 saturated carbocycles. The fourth-order valence-electron chi connectivity index (χ4n) is 1.67. The summed E-state index contributed by atoms with van der Waals surface area (Å²) in [4.78, 5) is 21.6. The summed E-state index contributed by atoms with van der Waals surface area (Å²) in [5, 5.41) is 13.3. The average molecular weight is 279 g/mol. The molecule has 0 heterocycles. The number of nitro groups is 1. The third-order valence-corrected chi connectivity index (χ3v) is 2.91. The van der Waals surface area contributed by atoms with E-state index in [0.29, 0.717) is 6.54 Å². The molecular formula is C14H21N3O3. The number of rotatable bonds is 7. The summed E-state index contributed by atoms with van der Waals surface area (Å²) >= 11 is 0. The summed E-state index contributed by atoms with van der Waals surface area (Å²) in [5.41, 5.74) is 5.97. The zero-order chi connectivity index (χ0) is 15.2. The lowest BCUT2D eigenvalue weighted by Crippen LogP contribution is -2.49. The van der Waals surface area contributed by atoms with Crippen molar-refractivity contribution in [3.05, 3.63) is 39.9 Å². The van der Waals surface area contributed by atoms with Crippen molar-refractivity contribution in [1.82, 2.24) is 5.32 Å². The van der Waals surface area contributed by atoms with Crippen molar-refractivity contribution in [3.8, 4) is 0 Å². The smallest absolute Gasteiger partial charge is 0.269 e. The van der Waals surface area contributed by atoms with E-state index in [-0.39, 0.29) is 11.6 Å². The molecule has 3 N–H and O–H groups in total. The van der Waals surface area contributed by atoms with Gasteiger partial charge in [0.15, 0.2) is 0 Å². The van der Waals surface area contributed by atoms with Gasteiger partial charge in [0.05, 0.1) is 10.5 Å². The molecule has 1 aromatic rings. The van der Waals surface area contributed by atoms with Gasteiger partial charge in [-0.1, -0.05) is 12.1 Å². The number of carbonyl (C=O) groups excluding carboxylic acids is 1. The van der Waals surface area contributed by atoms with E-state index >= 15 is 0 Å². The van der Waals surface area contributed by atoms with Gasteiger partial charge >= 0.3 is 0 Å². The van der Waals surface area contributed by atoms with Gasteiger partial charge in [-0.15, -0.1) is 0 Å². The SMILES string of the molecule is CC(C)(N)C(=O)NCCCCc1ccc([N+](=O)[O-])cc1. The molecule has 0 unspecified atom stereocenters. The van der Waals surface area contributed by atoms with Gasteiger partial charge in [-0.05, 0) is 38.7 Å². The first-order valence-corrected chi connectivity index (χ1v) is 6.61. The number of non-ortho nitro benzene ring substituents is 1. The van der Waals surface area contributed by atoms with Crippen molar-refractivity contribution < 1.29 is 9.72 Å². The number of hydrogen-bond acceptors (Lipinski definition) is 4. The predicted octanol–water partition coefficient (Wildman–Crippen LogP) is 1.77. The lowest BCUT2D eigenvalue weighted by molar-refractivity contribution is -0.384. The molecule has 6 heteroatoms. The molecule has 0 aliphatic heterocycles. The number of aryl methyl sites for hydroxylation is 1. The van der Waals surface area contributed by atoms with Crippen LogP contribution in [0.1, 0.15) is 32.3 Å². The summed E-state index contributed by atoms with van der Waals surface area (Å²) in [5.74, 6) is -0.159. The minimum atomic E-state index is -0.849. The van der Waals surface area contributed by atoms with Gasteiger partial charge < -0.3 is 11.1 Å². The first-order valence-electron chi connectivity index (χ1n) is 6.61. The maximum absolute atomic E-state index is 11.5. The van der Waals surface area contributed by atoms with Gasteiger partial charge in [-0.25, -0.2) is 0 Å². The number of nitrogens with zero attached hydrogens (tertiary/aromatic N) is 1. The zero-order valence-electron chi connectivity index (χ0n) is 11.9. The number of benzene rings is 1. The Morgan fingerprint density at radius 2 is 1.90 bits per heavy atom.